The van der Waals surface area contributed by atoms with Crippen molar-refractivity contribution in [2.45, 2.75) is 20.4 Å². The number of terminal acetylenes is 1. The molecule has 1 N–H and O–H groups in total. The van der Waals surface area contributed by atoms with E-state index in [2.05, 4.69) is 16.1 Å². The Labute approximate surface area is 123 Å². The minimum atomic E-state index is -5.05. The molecule has 1 aliphatic rings. The molecule has 1 heterocycles. The highest BCUT2D eigenvalue weighted by Gasteiger charge is 2.29. The summed E-state index contributed by atoms with van der Waals surface area (Å²) in [6.45, 7) is 2.14. The molecule has 0 unspecified atom stereocenters. The summed E-state index contributed by atoms with van der Waals surface area (Å²) in [5.41, 5.74) is 1.48. The van der Waals surface area contributed by atoms with Gasteiger partial charge in [-0.3, -0.25) is 4.90 Å². The molecule has 0 spiro atoms. The van der Waals surface area contributed by atoms with E-state index in [9.17, 15) is 12.9 Å². The zero-order chi connectivity index (χ0) is 15.6. The van der Waals surface area contributed by atoms with Gasteiger partial charge in [-0.05, 0) is 25.0 Å². The number of piperazine rings is 1. The van der Waals surface area contributed by atoms with Crippen molar-refractivity contribution in [3.8, 4) is 12.3 Å². The number of nitrogens with zero attached hydrogens (tertiary/aromatic N) is 1. The van der Waals surface area contributed by atoms with Gasteiger partial charge < -0.3 is 18.3 Å². The van der Waals surface area contributed by atoms with Gasteiger partial charge >= 0.3 is 6.98 Å². The Bertz CT molecular complexity index is 570. The van der Waals surface area contributed by atoms with Gasteiger partial charge in [0.25, 0.3) is 0 Å². The summed E-state index contributed by atoms with van der Waals surface area (Å²) in [4.78, 5) is 2.15. The van der Waals surface area contributed by atoms with Gasteiger partial charge in [-0.1, -0.05) is 17.6 Å². The second-order valence-corrected chi connectivity index (χ2v) is 5.50. The fourth-order valence-electron chi connectivity index (χ4n) is 2.82. The zero-order valence-electron chi connectivity index (χ0n) is 12.3. The van der Waals surface area contributed by atoms with Crippen molar-refractivity contribution in [1.29, 1.82) is 0 Å². The molecule has 1 saturated heterocycles. The highest BCUT2D eigenvalue weighted by molar-refractivity contribution is 6.74. The standard InChI is InChI=1S/C15H19BF3N2/c1-4-14-11(2)13(10-21-7-5-20-6-8-21)9-15(12(14)3)16(17,18)19/h1,9,20H,5-8,10H2,2-3H3/q-1. The van der Waals surface area contributed by atoms with Gasteiger partial charge in [-0.2, -0.15) is 0 Å². The number of hydrogen-bond acceptors (Lipinski definition) is 2. The van der Waals surface area contributed by atoms with E-state index >= 15 is 0 Å². The fraction of sp³-hybridized carbons (Fsp3) is 0.467. The maximum Gasteiger partial charge on any atom is 0.509 e. The predicted octanol–water partition coefficient (Wildman–Crippen LogP) is 1.74. The monoisotopic (exact) mass is 295 g/mol. The van der Waals surface area contributed by atoms with Crippen molar-refractivity contribution < 1.29 is 12.9 Å². The van der Waals surface area contributed by atoms with Crippen molar-refractivity contribution >= 4 is 12.4 Å². The average Bonchev–Trinajstić information content (AvgIpc) is 2.42. The van der Waals surface area contributed by atoms with Crippen LogP contribution in [0.2, 0.25) is 0 Å². The van der Waals surface area contributed by atoms with Crippen LogP contribution in [0.4, 0.5) is 12.9 Å². The molecule has 0 aliphatic carbocycles. The van der Waals surface area contributed by atoms with Gasteiger partial charge in [-0.15, -0.1) is 11.9 Å². The third-order valence-corrected chi connectivity index (χ3v) is 4.09. The van der Waals surface area contributed by atoms with Crippen molar-refractivity contribution in [3.05, 3.63) is 28.3 Å². The normalized spacial score (nSPS) is 16.8. The van der Waals surface area contributed by atoms with E-state index in [0.717, 1.165) is 31.7 Å². The van der Waals surface area contributed by atoms with E-state index in [1.807, 2.05) is 6.92 Å². The van der Waals surface area contributed by atoms with Crippen LogP contribution >= 0.6 is 0 Å². The summed E-state index contributed by atoms with van der Waals surface area (Å²) < 4.78 is 39.7. The van der Waals surface area contributed by atoms with Gasteiger partial charge in [0, 0.05) is 38.3 Å². The number of nitrogens with one attached hydrogen (secondary N) is 1. The summed E-state index contributed by atoms with van der Waals surface area (Å²) in [6, 6.07) is 1.29. The van der Waals surface area contributed by atoms with Crippen LogP contribution in [0, 0.1) is 26.2 Å². The molecule has 1 aromatic rings. The molecule has 2 rings (SSSR count). The first-order valence-corrected chi connectivity index (χ1v) is 7.07. The van der Waals surface area contributed by atoms with Crippen LogP contribution in [-0.2, 0) is 6.54 Å². The van der Waals surface area contributed by atoms with Crippen LogP contribution in [0.15, 0.2) is 6.07 Å². The van der Waals surface area contributed by atoms with Crippen molar-refractivity contribution in [2.24, 2.45) is 0 Å². The van der Waals surface area contributed by atoms with Gasteiger partial charge in [0.2, 0.25) is 0 Å². The van der Waals surface area contributed by atoms with Gasteiger partial charge in [0.05, 0.1) is 0 Å². The Kier molecular flexibility index (Phi) is 4.65. The molecule has 0 aromatic heterocycles. The van der Waals surface area contributed by atoms with Crippen molar-refractivity contribution in [2.75, 3.05) is 26.2 Å². The second-order valence-electron chi connectivity index (χ2n) is 5.50. The molecule has 1 aliphatic heterocycles. The topological polar surface area (TPSA) is 15.3 Å². The Balaban J connectivity index is 2.43. The highest BCUT2D eigenvalue weighted by Crippen LogP contribution is 2.22. The molecule has 0 amide bonds. The molecule has 0 atom stereocenters. The Morgan fingerprint density at radius 1 is 1.24 bits per heavy atom. The molecule has 114 valence electrons. The molecule has 21 heavy (non-hydrogen) atoms. The third kappa shape index (κ3) is 3.42. The summed E-state index contributed by atoms with van der Waals surface area (Å²) in [6.07, 6.45) is 5.43. The lowest BCUT2D eigenvalue weighted by Crippen LogP contribution is -2.43. The van der Waals surface area contributed by atoms with E-state index in [0.29, 0.717) is 17.7 Å². The van der Waals surface area contributed by atoms with E-state index in [1.165, 1.54) is 13.0 Å². The molecular formula is C15H19BF3N2-. The summed E-state index contributed by atoms with van der Waals surface area (Å²) in [7, 11) is 0. The van der Waals surface area contributed by atoms with Crippen molar-refractivity contribution in [3.63, 3.8) is 0 Å². The highest BCUT2D eigenvalue weighted by atomic mass is 19.4. The van der Waals surface area contributed by atoms with E-state index < -0.39 is 12.4 Å². The third-order valence-electron chi connectivity index (χ3n) is 4.09. The van der Waals surface area contributed by atoms with E-state index in [1.54, 1.807) is 0 Å². The zero-order valence-corrected chi connectivity index (χ0v) is 12.3. The lowest BCUT2D eigenvalue weighted by Gasteiger charge is -2.29. The molecular weight excluding hydrogens is 276 g/mol. The van der Waals surface area contributed by atoms with E-state index in [-0.39, 0.29) is 5.56 Å². The molecule has 0 bridgehead atoms. The molecule has 1 fully saturated rings. The van der Waals surface area contributed by atoms with Crippen LogP contribution in [0.1, 0.15) is 22.3 Å². The molecule has 0 radical (unpaired) electrons. The van der Waals surface area contributed by atoms with Gasteiger partial charge in [-0.25, -0.2) is 0 Å². The Morgan fingerprint density at radius 2 is 1.86 bits per heavy atom. The molecule has 2 nitrogen and oxygen atoms in total. The Hall–Kier alpha value is -1.45. The first-order valence-electron chi connectivity index (χ1n) is 7.07. The smallest absolute Gasteiger partial charge is 0.445 e. The minimum absolute atomic E-state index is 0.173. The number of benzene rings is 1. The summed E-state index contributed by atoms with van der Waals surface area (Å²) in [5.74, 6) is 2.43. The van der Waals surface area contributed by atoms with Gasteiger partial charge in [0.15, 0.2) is 0 Å². The second kappa shape index (κ2) is 6.12. The van der Waals surface area contributed by atoms with Crippen LogP contribution in [0.25, 0.3) is 0 Å². The first-order chi connectivity index (χ1) is 9.84. The predicted molar refractivity (Wildman–Crippen MR) is 80.7 cm³/mol. The number of hydrogen-bond donors (Lipinski definition) is 1. The molecule has 1 aromatic carbocycles. The molecule has 6 heteroatoms. The van der Waals surface area contributed by atoms with Crippen LogP contribution in [0.5, 0.6) is 0 Å². The minimum Gasteiger partial charge on any atom is -0.445 e. The van der Waals surface area contributed by atoms with Gasteiger partial charge in [0.1, 0.15) is 0 Å². The van der Waals surface area contributed by atoms with Crippen LogP contribution < -0.4 is 10.8 Å². The maximum atomic E-state index is 13.2. The largest absolute Gasteiger partial charge is 0.509 e. The lowest BCUT2D eigenvalue weighted by atomic mass is 9.74. The lowest BCUT2D eigenvalue weighted by molar-refractivity contribution is 0.233. The maximum absolute atomic E-state index is 13.2. The number of rotatable bonds is 3. The SMILES string of the molecule is C#Cc1c(C)c(CN2CCNCC2)cc([B-](F)(F)F)c1C. The van der Waals surface area contributed by atoms with Crippen LogP contribution in [0.3, 0.4) is 0 Å². The average molecular weight is 295 g/mol. The summed E-state index contributed by atoms with van der Waals surface area (Å²) >= 11 is 0. The van der Waals surface area contributed by atoms with Crippen LogP contribution in [-0.4, -0.2) is 38.1 Å². The summed E-state index contributed by atoms with van der Waals surface area (Å²) in [5, 5.41) is 3.23. The van der Waals surface area contributed by atoms with E-state index in [4.69, 9.17) is 6.42 Å². The Morgan fingerprint density at radius 3 is 2.38 bits per heavy atom. The molecule has 0 saturated carbocycles. The first kappa shape index (κ1) is 15.9. The quantitative estimate of drug-likeness (QED) is 0.675. The van der Waals surface area contributed by atoms with Crippen molar-refractivity contribution in [1.82, 2.24) is 10.2 Å². The fourth-order valence-corrected chi connectivity index (χ4v) is 2.82. The number of halogens is 3.